The maximum absolute atomic E-state index is 13.7. The quantitative estimate of drug-likeness (QED) is 0.578. The van der Waals surface area contributed by atoms with E-state index in [2.05, 4.69) is 5.32 Å². The lowest BCUT2D eigenvalue weighted by atomic mass is 9.90. The molecule has 1 aromatic carbocycles. The Balaban J connectivity index is 1.82. The zero-order chi connectivity index (χ0) is 23.5. The van der Waals surface area contributed by atoms with Crippen LogP contribution >= 0.6 is 0 Å². The van der Waals surface area contributed by atoms with E-state index in [4.69, 9.17) is 10.5 Å². The molecule has 178 valence electrons. The van der Waals surface area contributed by atoms with Gasteiger partial charge < -0.3 is 20.7 Å². The van der Waals surface area contributed by atoms with E-state index < -0.39 is 49.2 Å². The largest absolute Gasteiger partial charge is 0.401 e. The highest BCUT2D eigenvalue weighted by Gasteiger charge is 2.41. The number of hydrogen-bond acceptors (Lipinski definition) is 5. The van der Waals surface area contributed by atoms with Crippen LogP contribution in [0, 0.1) is 0 Å². The molecule has 1 aromatic rings. The molecular weight excluding hydrogens is 439 g/mol. The Hall–Kier alpha value is -2.31. The van der Waals surface area contributed by atoms with Gasteiger partial charge in [-0.05, 0) is 31.0 Å². The van der Waals surface area contributed by atoms with Gasteiger partial charge in [0.1, 0.15) is 12.6 Å². The van der Waals surface area contributed by atoms with Crippen molar-refractivity contribution in [2.75, 3.05) is 43.1 Å². The summed E-state index contributed by atoms with van der Waals surface area (Å²) in [6.45, 7) is -1.44. The van der Waals surface area contributed by atoms with Gasteiger partial charge in [-0.25, -0.2) is 8.78 Å². The average molecular weight is 464 g/mol. The Bertz CT molecular complexity index is 832. The predicted octanol–water partition coefficient (Wildman–Crippen LogP) is 2.67. The summed E-state index contributed by atoms with van der Waals surface area (Å²) in [5, 5.41) is 2.32. The fourth-order valence-corrected chi connectivity index (χ4v) is 3.83. The summed E-state index contributed by atoms with van der Waals surface area (Å²) >= 11 is 0. The monoisotopic (exact) mass is 464 g/mol. The molecule has 12 heteroatoms. The molecule has 1 heterocycles. The maximum Gasteiger partial charge on any atom is 0.401 e. The van der Waals surface area contributed by atoms with Crippen molar-refractivity contribution < 1.29 is 36.3 Å². The van der Waals surface area contributed by atoms with Crippen LogP contribution in [-0.4, -0.2) is 67.8 Å². The molecule has 3 N–H and O–H groups in total. The smallest absolute Gasteiger partial charge is 0.370 e. The van der Waals surface area contributed by atoms with E-state index in [1.165, 1.54) is 17.0 Å². The van der Waals surface area contributed by atoms with Crippen LogP contribution in [0.1, 0.15) is 31.3 Å². The van der Waals surface area contributed by atoms with Crippen LogP contribution < -0.4 is 16.0 Å². The average Bonchev–Trinajstić information content (AvgIpc) is 2.66. The number of amides is 2. The topological polar surface area (TPSA) is 87.9 Å². The number of hydrogen-bond donors (Lipinski definition) is 2. The molecule has 2 aliphatic rings. The van der Waals surface area contributed by atoms with Gasteiger partial charge in [0.2, 0.25) is 5.91 Å². The Morgan fingerprint density at radius 2 is 2.03 bits per heavy atom. The number of nitrogens with two attached hydrogens (primary N) is 1. The third-order valence-electron chi connectivity index (χ3n) is 5.66. The normalized spacial score (nSPS) is 18.8. The minimum Gasteiger partial charge on any atom is -0.370 e. The maximum atomic E-state index is 13.7. The first-order valence-electron chi connectivity index (χ1n) is 10.2. The van der Waals surface area contributed by atoms with Gasteiger partial charge >= 0.3 is 6.18 Å². The van der Waals surface area contributed by atoms with E-state index >= 15 is 0 Å². The van der Waals surface area contributed by atoms with Gasteiger partial charge in [0.15, 0.2) is 0 Å². The fourth-order valence-electron chi connectivity index (χ4n) is 3.83. The number of rotatable bonds is 8. The molecule has 1 atom stereocenters. The highest BCUT2D eigenvalue weighted by Crippen LogP contribution is 2.33. The van der Waals surface area contributed by atoms with E-state index in [-0.39, 0.29) is 37.0 Å². The standard InChI is InChI=1S/C20H25F5N4O3/c21-18(22)14-8-13(28-6-7-32-10-17(28)30)4-5-15(14)27-19(31)16(9-26)29(11-20(23,24)25)12-2-1-3-12/h4-5,8,12,16,18H,1-3,6-7,9-11,26H2,(H,27,31)/t16-/m1/s1. The zero-order valence-corrected chi connectivity index (χ0v) is 17.2. The molecule has 0 unspecified atom stereocenters. The molecule has 1 saturated heterocycles. The van der Waals surface area contributed by atoms with E-state index in [0.29, 0.717) is 12.8 Å². The summed E-state index contributed by atoms with van der Waals surface area (Å²) in [6.07, 6.45) is -5.77. The van der Waals surface area contributed by atoms with Gasteiger partial charge in [0, 0.05) is 36.1 Å². The Morgan fingerprint density at radius 3 is 2.56 bits per heavy atom. The molecule has 2 amide bonds. The van der Waals surface area contributed by atoms with Crippen LogP contribution in [0.3, 0.4) is 0 Å². The van der Waals surface area contributed by atoms with E-state index in [1.807, 2.05) is 0 Å². The van der Waals surface area contributed by atoms with Crippen LogP contribution in [0.25, 0.3) is 0 Å². The number of benzene rings is 1. The van der Waals surface area contributed by atoms with Crippen molar-refractivity contribution in [2.45, 2.75) is 43.9 Å². The number of nitrogens with one attached hydrogen (secondary N) is 1. The van der Waals surface area contributed by atoms with Gasteiger partial charge in [0.25, 0.3) is 12.3 Å². The van der Waals surface area contributed by atoms with E-state index in [0.717, 1.165) is 17.4 Å². The third-order valence-corrected chi connectivity index (χ3v) is 5.66. The lowest BCUT2D eigenvalue weighted by Crippen LogP contribution is -2.57. The molecule has 0 radical (unpaired) electrons. The lowest BCUT2D eigenvalue weighted by molar-refractivity contribution is -0.162. The van der Waals surface area contributed by atoms with Gasteiger partial charge in [-0.15, -0.1) is 0 Å². The zero-order valence-electron chi connectivity index (χ0n) is 17.2. The lowest BCUT2D eigenvalue weighted by Gasteiger charge is -2.41. The van der Waals surface area contributed by atoms with E-state index in [1.54, 1.807) is 0 Å². The first-order chi connectivity index (χ1) is 15.1. The van der Waals surface area contributed by atoms with Crippen LogP contribution in [-0.2, 0) is 14.3 Å². The highest BCUT2D eigenvalue weighted by molar-refractivity contribution is 5.97. The number of halogens is 5. The Labute approximate surface area is 181 Å². The Morgan fingerprint density at radius 1 is 1.31 bits per heavy atom. The van der Waals surface area contributed by atoms with Gasteiger partial charge in [-0.2, -0.15) is 13.2 Å². The molecule has 0 bridgehead atoms. The summed E-state index contributed by atoms with van der Waals surface area (Å²) < 4.78 is 71.7. The summed E-state index contributed by atoms with van der Waals surface area (Å²) in [5.41, 5.74) is 5.06. The van der Waals surface area contributed by atoms with Gasteiger partial charge in [0.05, 0.1) is 13.2 Å². The van der Waals surface area contributed by atoms with Crippen LogP contribution in [0.2, 0.25) is 0 Å². The molecule has 0 spiro atoms. The first-order valence-corrected chi connectivity index (χ1v) is 10.2. The molecule has 3 rings (SSSR count). The molecule has 0 aromatic heterocycles. The second kappa shape index (κ2) is 10.1. The van der Waals surface area contributed by atoms with Crippen molar-refractivity contribution in [1.82, 2.24) is 4.90 Å². The molecule has 1 saturated carbocycles. The molecule has 1 aliphatic heterocycles. The molecule has 2 fully saturated rings. The summed E-state index contributed by atoms with van der Waals surface area (Å²) in [7, 11) is 0. The van der Waals surface area contributed by atoms with Crippen molar-refractivity contribution in [3.8, 4) is 0 Å². The van der Waals surface area contributed by atoms with E-state index in [9.17, 15) is 31.5 Å². The van der Waals surface area contributed by atoms with Crippen LogP contribution in [0.5, 0.6) is 0 Å². The summed E-state index contributed by atoms with van der Waals surface area (Å²) in [4.78, 5) is 27.1. The van der Waals surface area contributed by atoms with Crippen molar-refractivity contribution >= 4 is 23.2 Å². The number of carbonyl (C=O) groups excluding carboxylic acids is 2. The van der Waals surface area contributed by atoms with Crippen molar-refractivity contribution in [1.29, 1.82) is 0 Å². The SMILES string of the molecule is NC[C@H](C(=O)Nc1ccc(N2CCOCC2=O)cc1C(F)F)N(CC(F)(F)F)C1CCC1. The number of alkyl halides is 5. The molecule has 32 heavy (non-hydrogen) atoms. The first kappa shape index (κ1) is 24.3. The van der Waals surface area contributed by atoms with Gasteiger partial charge in [-0.1, -0.05) is 6.42 Å². The minimum absolute atomic E-state index is 0.170. The summed E-state index contributed by atoms with van der Waals surface area (Å²) in [6, 6.07) is 1.91. The number of nitrogens with zero attached hydrogens (tertiary/aromatic N) is 2. The molecular formula is C20H25F5N4O3. The number of morpholine rings is 1. The van der Waals surface area contributed by atoms with Crippen molar-refractivity contribution in [3.63, 3.8) is 0 Å². The summed E-state index contributed by atoms with van der Waals surface area (Å²) in [5.74, 6) is -1.28. The van der Waals surface area contributed by atoms with Crippen LogP contribution in [0.15, 0.2) is 18.2 Å². The molecule has 7 nitrogen and oxygen atoms in total. The van der Waals surface area contributed by atoms with Crippen molar-refractivity contribution in [3.05, 3.63) is 23.8 Å². The third kappa shape index (κ3) is 5.73. The van der Waals surface area contributed by atoms with Gasteiger partial charge in [-0.3, -0.25) is 14.5 Å². The second-order valence-electron chi connectivity index (χ2n) is 7.78. The highest BCUT2D eigenvalue weighted by atomic mass is 19.4. The van der Waals surface area contributed by atoms with Crippen LogP contribution in [0.4, 0.5) is 33.3 Å². The second-order valence-corrected chi connectivity index (χ2v) is 7.78. The number of ether oxygens (including phenoxy) is 1. The number of anilines is 2. The minimum atomic E-state index is -4.54. The fraction of sp³-hybridized carbons (Fsp3) is 0.600. The number of carbonyl (C=O) groups is 2. The molecule has 1 aliphatic carbocycles. The predicted molar refractivity (Wildman–Crippen MR) is 106 cm³/mol. The Kier molecular flexibility index (Phi) is 7.67. The van der Waals surface area contributed by atoms with Crippen molar-refractivity contribution in [2.24, 2.45) is 5.73 Å².